The standard InChI is InChI=1S/C31H38Cl2N6O10S3.3K/c1-19(40)35-27-15-21(20(9-5-7-13-50(41,42)43)10-6-8-14-51(44,45)46)11-12-26(27)36-37-30-23(18-34)29(31(2,3)4)38-39(30)28-24(32)16-22(17-25(28)33)52(47,48)49;;;/h11-12,15-17,20H,5-10,13-14H2,1-4H3,(H,35,40)(H,41,42,43)(H,44,45,46)(H,47,48,49);;;/q;3*+1/p-3. The fourth-order valence-electron chi connectivity index (χ4n) is 5.28. The number of nitrogens with one attached hydrogen (secondary N) is 1. The molecule has 16 nitrogen and oxygen atoms in total. The van der Waals surface area contributed by atoms with Crippen LogP contribution in [0.3, 0.4) is 0 Å². The number of hydrogen-bond acceptors (Lipinski definition) is 14. The fraction of sp³-hybridized carbons (Fsp3) is 0.452. The van der Waals surface area contributed by atoms with Gasteiger partial charge in [-0.1, -0.05) is 62.9 Å². The number of azo groups is 1. The minimum atomic E-state index is -4.93. The summed E-state index contributed by atoms with van der Waals surface area (Å²) in [4.78, 5) is 11.6. The normalized spacial score (nSPS) is 12.1. The Morgan fingerprint density at radius 2 is 1.40 bits per heavy atom. The van der Waals surface area contributed by atoms with Gasteiger partial charge in [-0.15, -0.1) is 10.2 Å². The number of unbranched alkanes of at least 4 members (excludes halogenated alkanes) is 2. The molecule has 1 amide bonds. The summed E-state index contributed by atoms with van der Waals surface area (Å²) in [5.74, 6) is -2.04. The first-order valence-electron chi connectivity index (χ1n) is 15.6. The molecule has 0 unspecified atom stereocenters. The van der Waals surface area contributed by atoms with E-state index in [0.29, 0.717) is 31.2 Å². The van der Waals surface area contributed by atoms with Gasteiger partial charge in [0, 0.05) is 23.8 Å². The van der Waals surface area contributed by atoms with Gasteiger partial charge in [-0.2, -0.15) is 10.4 Å². The van der Waals surface area contributed by atoms with Gasteiger partial charge in [-0.05, 0) is 61.4 Å². The summed E-state index contributed by atoms with van der Waals surface area (Å²) in [6.07, 6.45) is 1.66. The number of nitrogens with zero attached hydrogens (tertiary/aromatic N) is 5. The first-order chi connectivity index (χ1) is 23.9. The van der Waals surface area contributed by atoms with Crippen LogP contribution in [0.2, 0.25) is 10.0 Å². The van der Waals surface area contributed by atoms with Crippen molar-refractivity contribution in [2.45, 2.75) is 82.4 Å². The summed E-state index contributed by atoms with van der Waals surface area (Å²) in [5, 5.41) is 25.4. The maximum atomic E-state index is 12.2. The van der Waals surface area contributed by atoms with Crippen molar-refractivity contribution in [1.82, 2.24) is 9.78 Å². The van der Waals surface area contributed by atoms with Gasteiger partial charge in [0.1, 0.15) is 33.1 Å². The van der Waals surface area contributed by atoms with Crippen LogP contribution in [0.15, 0.2) is 45.5 Å². The number of amides is 1. The third-order valence-corrected chi connectivity index (χ3v) is 10.6. The topological polar surface area (TPSA) is 267 Å². The number of benzene rings is 2. The Hall–Kier alpha value is 1.43. The van der Waals surface area contributed by atoms with E-state index in [2.05, 4.69) is 26.7 Å². The van der Waals surface area contributed by atoms with Crippen LogP contribution in [0.5, 0.6) is 0 Å². The largest absolute Gasteiger partial charge is 1.00 e. The van der Waals surface area contributed by atoms with E-state index >= 15 is 0 Å². The summed E-state index contributed by atoms with van der Waals surface area (Å²) in [6.45, 7) is 6.59. The summed E-state index contributed by atoms with van der Waals surface area (Å²) < 4.78 is 103. The monoisotopic (exact) mass is 934 g/mol. The van der Waals surface area contributed by atoms with Gasteiger partial charge >= 0.3 is 154 Å². The number of carbonyl (C=O) groups excluding carboxylic acids is 1. The summed E-state index contributed by atoms with van der Waals surface area (Å²) in [6, 6.07) is 8.62. The van der Waals surface area contributed by atoms with Crippen molar-refractivity contribution < 1.29 is 198 Å². The Morgan fingerprint density at radius 1 is 0.891 bits per heavy atom. The number of aromatic nitrogens is 2. The number of nitriles is 1. The van der Waals surface area contributed by atoms with Crippen molar-refractivity contribution >= 4 is 76.7 Å². The van der Waals surface area contributed by atoms with Crippen LogP contribution >= 0.6 is 23.2 Å². The van der Waals surface area contributed by atoms with Gasteiger partial charge < -0.3 is 19.0 Å². The molecule has 0 aliphatic heterocycles. The molecule has 2 aromatic carbocycles. The van der Waals surface area contributed by atoms with E-state index in [9.17, 15) is 49.0 Å². The van der Waals surface area contributed by atoms with E-state index in [1.54, 1.807) is 32.9 Å². The molecule has 0 fully saturated rings. The summed E-state index contributed by atoms with van der Waals surface area (Å²) >= 11 is 12.8. The Bertz CT molecular complexity index is 2180. The van der Waals surface area contributed by atoms with Gasteiger partial charge in [0.25, 0.3) is 0 Å². The molecular weight excluding hydrogens is 901 g/mol. The Kier molecular flexibility index (Phi) is 24.8. The average molecular weight is 936 g/mol. The van der Waals surface area contributed by atoms with Crippen molar-refractivity contribution in [3.8, 4) is 11.8 Å². The molecule has 284 valence electrons. The molecule has 1 heterocycles. The predicted molar refractivity (Wildman–Crippen MR) is 189 cm³/mol. The Labute approximate surface area is 459 Å². The van der Waals surface area contributed by atoms with Gasteiger partial charge in [-0.25, -0.2) is 29.9 Å². The number of hydrogen-bond donors (Lipinski definition) is 1. The van der Waals surface area contributed by atoms with Crippen molar-refractivity contribution in [2.75, 3.05) is 16.8 Å². The van der Waals surface area contributed by atoms with E-state index in [1.165, 1.54) is 13.0 Å². The smallest absolute Gasteiger partial charge is 0.748 e. The molecule has 0 saturated heterocycles. The molecule has 1 N–H and O–H groups in total. The molecule has 0 spiro atoms. The molecular formula is C31H35Cl2K3N6O10S3. The molecule has 0 aliphatic carbocycles. The summed E-state index contributed by atoms with van der Waals surface area (Å²) in [5.41, 5.74) is 0.365. The predicted octanol–water partition coefficient (Wildman–Crippen LogP) is -2.85. The van der Waals surface area contributed by atoms with Crippen LogP contribution in [0.1, 0.15) is 89.0 Å². The zero-order valence-corrected chi connectivity index (χ0v) is 44.8. The van der Waals surface area contributed by atoms with Crippen molar-refractivity contribution in [1.29, 1.82) is 5.26 Å². The number of carbonyl (C=O) groups is 1. The van der Waals surface area contributed by atoms with Crippen LogP contribution in [-0.4, -0.2) is 66.1 Å². The number of anilines is 1. The Balaban J connectivity index is 0.00000972. The minimum absolute atomic E-state index is 0. The molecule has 0 atom stereocenters. The molecule has 3 rings (SSSR count). The molecule has 0 radical (unpaired) electrons. The molecule has 0 bridgehead atoms. The summed E-state index contributed by atoms with van der Waals surface area (Å²) in [7, 11) is -13.8. The minimum Gasteiger partial charge on any atom is -0.748 e. The zero-order chi connectivity index (χ0) is 39.2. The number of rotatable bonds is 16. The zero-order valence-electron chi connectivity index (χ0n) is 31.4. The SMILES string of the molecule is CC(=O)Nc1cc(C(CCCCS(=O)(=O)[O-])CCCCS(=O)(=O)[O-])ccc1N=Nc1c(C#N)c(C(C)(C)C)nn1-c1c(Cl)cc(S(=O)(=O)[O-])cc1Cl.[K+].[K+].[K+]. The van der Waals surface area contributed by atoms with Gasteiger partial charge in [0.2, 0.25) is 5.91 Å². The van der Waals surface area contributed by atoms with Gasteiger partial charge in [0.05, 0.1) is 46.6 Å². The third kappa shape index (κ3) is 18.1. The van der Waals surface area contributed by atoms with E-state index in [0.717, 1.165) is 16.8 Å². The molecule has 0 saturated carbocycles. The maximum absolute atomic E-state index is 12.2. The Morgan fingerprint density at radius 3 is 1.82 bits per heavy atom. The second-order valence-electron chi connectivity index (χ2n) is 12.9. The van der Waals surface area contributed by atoms with E-state index in [4.69, 9.17) is 23.2 Å². The second-order valence-corrected chi connectivity index (χ2v) is 18.1. The van der Waals surface area contributed by atoms with E-state index in [-0.39, 0.29) is 217 Å². The number of halogens is 2. The molecule has 3 aromatic rings. The molecule has 55 heavy (non-hydrogen) atoms. The van der Waals surface area contributed by atoms with Crippen LogP contribution in [-0.2, 0) is 40.6 Å². The van der Waals surface area contributed by atoms with E-state index < -0.39 is 58.1 Å². The van der Waals surface area contributed by atoms with E-state index in [1.807, 2.05) is 0 Å². The van der Waals surface area contributed by atoms with Crippen LogP contribution in [0.25, 0.3) is 5.69 Å². The first-order valence-corrected chi connectivity index (χ1v) is 20.9. The molecule has 0 aliphatic rings. The van der Waals surface area contributed by atoms with Crippen LogP contribution in [0.4, 0.5) is 17.2 Å². The second kappa shape index (κ2) is 24.2. The van der Waals surface area contributed by atoms with Crippen molar-refractivity contribution in [2.24, 2.45) is 10.2 Å². The first kappa shape index (κ1) is 56.4. The quantitative estimate of drug-likeness (QED) is 0.0659. The van der Waals surface area contributed by atoms with Gasteiger partial charge in [0.15, 0.2) is 5.82 Å². The van der Waals surface area contributed by atoms with Crippen molar-refractivity contribution in [3.05, 3.63) is 57.2 Å². The third-order valence-electron chi connectivity index (χ3n) is 7.62. The molecule has 24 heteroatoms. The molecule has 1 aromatic heterocycles. The van der Waals surface area contributed by atoms with Crippen molar-refractivity contribution in [3.63, 3.8) is 0 Å². The van der Waals surface area contributed by atoms with Gasteiger partial charge in [-0.3, -0.25) is 4.79 Å². The maximum Gasteiger partial charge on any atom is 1.00 e. The fourth-order valence-corrected chi connectivity index (χ4v) is 7.69. The average Bonchev–Trinajstić information content (AvgIpc) is 3.36. The van der Waals surface area contributed by atoms with Crippen LogP contribution in [0, 0.1) is 11.3 Å². The van der Waals surface area contributed by atoms with Crippen LogP contribution < -0.4 is 159 Å².